The quantitative estimate of drug-likeness (QED) is 0.900. The highest BCUT2D eigenvalue weighted by atomic mass is 16.5. The van der Waals surface area contributed by atoms with Crippen LogP contribution in [0, 0.1) is 12.3 Å². The highest BCUT2D eigenvalue weighted by Gasteiger charge is 2.40. The lowest BCUT2D eigenvalue weighted by molar-refractivity contribution is 0.0189. The molecule has 0 fully saturated rings. The average Bonchev–Trinajstić information content (AvgIpc) is 2.67. The number of rotatable bonds is 5. The summed E-state index contributed by atoms with van der Waals surface area (Å²) in [6.07, 6.45) is 1.99. The summed E-state index contributed by atoms with van der Waals surface area (Å²) in [4.78, 5) is 0. The van der Waals surface area contributed by atoms with Crippen molar-refractivity contribution in [2.45, 2.75) is 46.3 Å². The molecule has 1 N–H and O–H groups in total. The zero-order valence-corrected chi connectivity index (χ0v) is 13.2. The molecule has 1 aliphatic carbocycles. The molecule has 0 aliphatic heterocycles. The average molecular weight is 278 g/mol. The lowest BCUT2D eigenvalue weighted by Gasteiger charge is -2.26. The van der Waals surface area contributed by atoms with Crippen molar-refractivity contribution in [2.75, 3.05) is 20.8 Å². The van der Waals surface area contributed by atoms with Crippen molar-refractivity contribution in [3.05, 3.63) is 33.9 Å². The van der Waals surface area contributed by atoms with Gasteiger partial charge in [-0.05, 0) is 53.0 Å². The van der Waals surface area contributed by atoms with E-state index in [0.717, 1.165) is 18.4 Å². The Morgan fingerprint density at radius 3 is 2.60 bits per heavy atom. The Labute approximate surface area is 121 Å². The summed E-state index contributed by atoms with van der Waals surface area (Å²) in [6, 6.07) is 2.14. The molecule has 0 spiro atoms. The maximum Gasteiger partial charge on any atom is 0.0878 e. The van der Waals surface area contributed by atoms with E-state index in [1.165, 1.54) is 22.3 Å². The summed E-state index contributed by atoms with van der Waals surface area (Å²) in [5, 5.41) is 9.68. The Balaban J connectivity index is 2.52. The lowest BCUT2D eigenvalue weighted by Crippen LogP contribution is -2.19. The molecule has 0 amide bonds. The van der Waals surface area contributed by atoms with Gasteiger partial charge in [-0.15, -0.1) is 0 Å². The second-order valence-electron chi connectivity index (χ2n) is 6.39. The molecule has 0 saturated carbocycles. The van der Waals surface area contributed by atoms with Crippen LogP contribution in [0.2, 0.25) is 0 Å². The third kappa shape index (κ3) is 2.50. The molecule has 1 aromatic rings. The van der Waals surface area contributed by atoms with Crippen LogP contribution >= 0.6 is 0 Å². The van der Waals surface area contributed by atoms with E-state index in [0.29, 0.717) is 6.61 Å². The van der Waals surface area contributed by atoms with Crippen molar-refractivity contribution < 1.29 is 14.6 Å². The topological polar surface area (TPSA) is 38.7 Å². The molecular weight excluding hydrogens is 252 g/mol. The zero-order valence-electron chi connectivity index (χ0n) is 13.2. The Bertz CT molecular complexity index is 491. The summed E-state index contributed by atoms with van der Waals surface area (Å²) < 4.78 is 10.9. The number of aliphatic hydroxyl groups is 1. The van der Waals surface area contributed by atoms with E-state index in [9.17, 15) is 5.11 Å². The highest BCUT2D eigenvalue weighted by Crippen LogP contribution is 2.49. The minimum absolute atomic E-state index is 0.0734. The fourth-order valence-electron chi connectivity index (χ4n) is 3.58. The van der Waals surface area contributed by atoms with Gasteiger partial charge in [0.2, 0.25) is 0 Å². The van der Waals surface area contributed by atoms with E-state index in [1.807, 2.05) is 0 Å². The first kappa shape index (κ1) is 15.5. The van der Waals surface area contributed by atoms with Crippen molar-refractivity contribution in [3.8, 4) is 0 Å². The molecule has 2 rings (SSSR count). The van der Waals surface area contributed by atoms with Gasteiger partial charge in [0.15, 0.2) is 0 Å². The van der Waals surface area contributed by atoms with Gasteiger partial charge in [0, 0.05) is 14.2 Å². The molecule has 112 valence electrons. The van der Waals surface area contributed by atoms with Crippen LogP contribution in [0.4, 0.5) is 0 Å². The van der Waals surface area contributed by atoms with E-state index in [2.05, 4.69) is 26.8 Å². The predicted octanol–water partition coefficient (Wildman–Crippen LogP) is 2.95. The maximum absolute atomic E-state index is 9.68. The molecule has 1 atom stereocenters. The monoisotopic (exact) mass is 278 g/mol. The van der Waals surface area contributed by atoms with E-state index < -0.39 is 0 Å². The lowest BCUT2D eigenvalue weighted by atomic mass is 9.87. The van der Waals surface area contributed by atoms with Crippen LogP contribution in [-0.4, -0.2) is 25.9 Å². The summed E-state index contributed by atoms with van der Waals surface area (Å²) >= 11 is 0. The number of hydrogen-bond donors (Lipinski definition) is 1. The van der Waals surface area contributed by atoms with Crippen molar-refractivity contribution in [1.29, 1.82) is 0 Å². The molecule has 0 saturated heterocycles. The van der Waals surface area contributed by atoms with Gasteiger partial charge < -0.3 is 14.6 Å². The second-order valence-corrected chi connectivity index (χ2v) is 6.39. The minimum Gasteiger partial charge on any atom is -0.392 e. The van der Waals surface area contributed by atoms with Gasteiger partial charge in [-0.25, -0.2) is 0 Å². The summed E-state index contributed by atoms with van der Waals surface area (Å²) in [5.74, 6) is 0. The zero-order chi connectivity index (χ0) is 14.9. The van der Waals surface area contributed by atoms with E-state index in [-0.39, 0.29) is 18.1 Å². The number of fused-ring (bicyclic) bond motifs is 1. The van der Waals surface area contributed by atoms with Crippen LogP contribution < -0.4 is 0 Å². The third-order valence-electron chi connectivity index (χ3n) is 4.56. The summed E-state index contributed by atoms with van der Waals surface area (Å²) in [5.41, 5.74) is 6.30. The molecule has 20 heavy (non-hydrogen) atoms. The molecule has 0 bridgehead atoms. The maximum atomic E-state index is 9.68. The first-order chi connectivity index (χ1) is 9.46. The number of aliphatic hydroxyl groups excluding tert-OH is 1. The molecular formula is C17H26O3. The van der Waals surface area contributed by atoms with Crippen LogP contribution in [0.1, 0.15) is 47.8 Å². The first-order valence-corrected chi connectivity index (χ1v) is 7.23. The Kier molecular flexibility index (Phi) is 4.52. The molecule has 0 heterocycles. The molecule has 0 aromatic heterocycles. The van der Waals surface area contributed by atoms with Crippen LogP contribution in [0.25, 0.3) is 0 Å². The predicted molar refractivity (Wildman–Crippen MR) is 79.9 cm³/mol. The SMILES string of the molecule is COCCc1c(CO)cc2c(c1C)CC(C)(C)[C@H]2OC. The van der Waals surface area contributed by atoms with Crippen LogP contribution in [-0.2, 0) is 28.9 Å². The number of methoxy groups -OCH3 is 2. The Morgan fingerprint density at radius 2 is 2.05 bits per heavy atom. The van der Waals surface area contributed by atoms with Crippen molar-refractivity contribution in [2.24, 2.45) is 5.41 Å². The van der Waals surface area contributed by atoms with Crippen LogP contribution in [0.3, 0.4) is 0 Å². The van der Waals surface area contributed by atoms with Gasteiger partial charge in [-0.2, -0.15) is 0 Å². The Hall–Kier alpha value is -0.900. The van der Waals surface area contributed by atoms with E-state index in [4.69, 9.17) is 9.47 Å². The van der Waals surface area contributed by atoms with Gasteiger partial charge in [-0.3, -0.25) is 0 Å². The smallest absolute Gasteiger partial charge is 0.0878 e. The van der Waals surface area contributed by atoms with Crippen molar-refractivity contribution >= 4 is 0 Å². The Morgan fingerprint density at radius 1 is 1.35 bits per heavy atom. The summed E-state index contributed by atoms with van der Waals surface area (Å²) in [6.45, 7) is 7.41. The normalized spacial score (nSPS) is 20.2. The van der Waals surface area contributed by atoms with Gasteiger partial charge >= 0.3 is 0 Å². The number of benzene rings is 1. The van der Waals surface area contributed by atoms with Crippen molar-refractivity contribution in [3.63, 3.8) is 0 Å². The first-order valence-electron chi connectivity index (χ1n) is 7.23. The van der Waals surface area contributed by atoms with Gasteiger partial charge in [0.25, 0.3) is 0 Å². The molecule has 0 unspecified atom stereocenters. The number of hydrogen-bond acceptors (Lipinski definition) is 3. The molecule has 3 heteroatoms. The second kappa shape index (κ2) is 5.84. The standard InChI is InChI=1S/C17H26O3/c1-11-13(6-7-19-4)12(10-18)8-14-15(11)9-17(2,3)16(14)20-5/h8,16,18H,6-7,9-10H2,1-5H3/t16-/m0/s1. The van der Waals surface area contributed by atoms with Gasteiger partial charge in [-0.1, -0.05) is 19.9 Å². The van der Waals surface area contributed by atoms with Crippen LogP contribution in [0.15, 0.2) is 6.07 Å². The van der Waals surface area contributed by atoms with Gasteiger partial charge in [0.1, 0.15) is 0 Å². The minimum atomic E-state index is 0.0734. The largest absolute Gasteiger partial charge is 0.392 e. The van der Waals surface area contributed by atoms with Gasteiger partial charge in [0.05, 0.1) is 19.3 Å². The van der Waals surface area contributed by atoms with Crippen LogP contribution in [0.5, 0.6) is 0 Å². The van der Waals surface area contributed by atoms with Crippen molar-refractivity contribution in [1.82, 2.24) is 0 Å². The highest BCUT2D eigenvalue weighted by molar-refractivity contribution is 5.50. The molecule has 1 aromatic carbocycles. The fraction of sp³-hybridized carbons (Fsp3) is 0.647. The van der Waals surface area contributed by atoms with E-state index in [1.54, 1.807) is 14.2 Å². The third-order valence-corrected chi connectivity index (χ3v) is 4.56. The molecule has 0 radical (unpaired) electrons. The molecule has 3 nitrogen and oxygen atoms in total. The van der Waals surface area contributed by atoms with E-state index >= 15 is 0 Å². The molecule has 1 aliphatic rings. The summed E-state index contributed by atoms with van der Waals surface area (Å²) in [7, 11) is 3.49. The fourth-order valence-corrected chi connectivity index (χ4v) is 3.58. The number of ether oxygens (including phenoxy) is 2.